The smallest absolute Gasteiger partial charge is 0.305 e. The first-order valence-electron chi connectivity index (χ1n) is 35.1. The molecule has 0 aromatic carbocycles. The van der Waals surface area contributed by atoms with Gasteiger partial charge in [0.15, 0.2) is 0 Å². The lowest BCUT2D eigenvalue weighted by molar-refractivity contribution is -0.143. The molecule has 0 spiro atoms. The lowest BCUT2D eigenvalue weighted by atomic mass is 10.0. The summed E-state index contributed by atoms with van der Waals surface area (Å²) in [6.07, 6.45) is 84.0. The third-order valence-electron chi connectivity index (χ3n) is 16.5. The van der Waals surface area contributed by atoms with Crippen molar-refractivity contribution in [2.45, 2.75) is 405 Å². The molecule has 0 fully saturated rings. The minimum atomic E-state index is -0.843. The molecule has 0 aromatic rings. The van der Waals surface area contributed by atoms with Gasteiger partial charge in [0.1, 0.15) is 0 Å². The zero-order valence-electron chi connectivity index (χ0n) is 52.2. The number of amides is 1. The van der Waals surface area contributed by atoms with Crippen molar-refractivity contribution < 1.29 is 24.5 Å². The standard InChI is InChI=1S/C71H137NO5/c1-3-5-7-9-11-13-15-17-18-34-37-40-43-47-51-55-59-63-69(74)68(67-73)72-70(75)64-60-56-52-48-44-41-38-35-32-30-28-26-24-22-20-19-21-23-25-27-29-31-33-36-39-42-46-50-54-58-62-66-77-71(76)65-61-57-53-49-45-16-14-12-10-8-6-4-2/h21,23,59,63,68-69,73-74H,3-20,22,24-58,60-62,64-67H2,1-2H3,(H,72,75)/b23-21-,63-59+. The lowest BCUT2D eigenvalue weighted by Gasteiger charge is -2.20. The maximum Gasteiger partial charge on any atom is 0.305 e. The molecule has 0 rings (SSSR count). The van der Waals surface area contributed by atoms with Crippen LogP contribution in [-0.4, -0.2) is 47.4 Å². The van der Waals surface area contributed by atoms with E-state index in [0.29, 0.717) is 19.4 Å². The van der Waals surface area contributed by atoms with Gasteiger partial charge in [-0.15, -0.1) is 0 Å². The van der Waals surface area contributed by atoms with E-state index in [1.54, 1.807) is 6.08 Å². The second-order valence-corrected chi connectivity index (χ2v) is 24.2. The van der Waals surface area contributed by atoms with Gasteiger partial charge in [-0.3, -0.25) is 9.59 Å². The summed E-state index contributed by atoms with van der Waals surface area (Å²) in [5, 5.41) is 23.2. The number of hydrogen-bond donors (Lipinski definition) is 3. The van der Waals surface area contributed by atoms with Crippen molar-refractivity contribution in [1.29, 1.82) is 0 Å². The van der Waals surface area contributed by atoms with Crippen LogP contribution in [0.25, 0.3) is 0 Å². The average Bonchev–Trinajstić information content (AvgIpc) is 3.43. The van der Waals surface area contributed by atoms with Gasteiger partial charge in [0.05, 0.1) is 25.4 Å². The van der Waals surface area contributed by atoms with Crippen LogP contribution in [0, 0.1) is 0 Å². The summed E-state index contributed by atoms with van der Waals surface area (Å²) < 4.78 is 5.48. The van der Waals surface area contributed by atoms with Crippen molar-refractivity contribution >= 4 is 11.9 Å². The summed E-state index contributed by atoms with van der Waals surface area (Å²) >= 11 is 0. The van der Waals surface area contributed by atoms with Crippen LogP contribution < -0.4 is 5.32 Å². The first-order chi connectivity index (χ1) is 38.0. The van der Waals surface area contributed by atoms with Crippen molar-refractivity contribution in [3.8, 4) is 0 Å². The highest BCUT2D eigenvalue weighted by atomic mass is 16.5. The van der Waals surface area contributed by atoms with Crippen LogP contribution in [0.5, 0.6) is 0 Å². The number of aliphatic hydroxyl groups excluding tert-OH is 2. The summed E-state index contributed by atoms with van der Waals surface area (Å²) in [6, 6.07) is -0.626. The molecule has 2 unspecified atom stereocenters. The van der Waals surface area contributed by atoms with Crippen molar-refractivity contribution in [2.75, 3.05) is 13.2 Å². The Morgan fingerprint density at radius 2 is 0.610 bits per heavy atom. The minimum absolute atomic E-state index is 0.0186. The third kappa shape index (κ3) is 63.4. The predicted molar refractivity (Wildman–Crippen MR) is 338 cm³/mol. The van der Waals surface area contributed by atoms with Crippen molar-refractivity contribution in [1.82, 2.24) is 5.32 Å². The molecule has 456 valence electrons. The number of nitrogens with one attached hydrogen (secondary N) is 1. The van der Waals surface area contributed by atoms with Crippen LogP contribution in [0.4, 0.5) is 0 Å². The van der Waals surface area contributed by atoms with Crippen LogP contribution >= 0.6 is 0 Å². The Balaban J connectivity index is 3.38. The van der Waals surface area contributed by atoms with Crippen LogP contribution in [-0.2, 0) is 14.3 Å². The highest BCUT2D eigenvalue weighted by molar-refractivity contribution is 5.76. The maximum absolute atomic E-state index is 12.5. The Morgan fingerprint density at radius 1 is 0.351 bits per heavy atom. The number of rotatable bonds is 66. The first-order valence-corrected chi connectivity index (χ1v) is 35.1. The van der Waals surface area contributed by atoms with E-state index in [2.05, 4.69) is 31.3 Å². The van der Waals surface area contributed by atoms with E-state index < -0.39 is 12.1 Å². The maximum atomic E-state index is 12.5. The molecule has 0 saturated heterocycles. The number of carbonyl (C=O) groups excluding carboxylic acids is 2. The molecule has 0 aliphatic rings. The molecule has 0 radical (unpaired) electrons. The van der Waals surface area contributed by atoms with E-state index in [0.717, 1.165) is 38.5 Å². The van der Waals surface area contributed by atoms with E-state index >= 15 is 0 Å². The van der Waals surface area contributed by atoms with Gasteiger partial charge in [-0.1, -0.05) is 346 Å². The molecule has 6 nitrogen and oxygen atoms in total. The fraction of sp³-hybridized carbons (Fsp3) is 0.915. The molecule has 1 amide bonds. The number of hydrogen-bond acceptors (Lipinski definition) is 5. The van der Waals surface area contributed by atoms with Crippen molar-refractivity contribution in [3.63, 3.8) is 0 Å². The Kier molecular flexibility index (Phi) is 65.4. The first kappa shape index (κ1) is 75.3. The van der Waals surface area contributed by atoms with E-state index in [1.807, 2.05) is 6.08 Å². The van der Waals surface area contributed by atoms with Gasteiger partial charge in [0, 0.05) is 12.8 Å². The number of carbonyl (C=O) groups is 2. The van der Waals surface area contributed by atoms with Crippen molar-refractivity contribution in [3.05, 3.63) is 24.3 Å². The molecule has 2 atom stereocenters. The molecule has 0 bridgehead atoms. The van der Waals surface area contributed by atoms with Gasteiger partial charge in [0.25, 0.3) is 0 Å². The summed E-state index contributed by atoms with van der Waals surface area (Å²) in [5.74, 6) is -0.0441. The summed E-state index contributed by atoms with van der Waals surface area (Å²) in [4.78, 5) is 24.5. The second kappa shape index (κ2) is 66.8. The minimum Gasteiger partial charge on any atom is -0.466 e. The molecular formula is C71H137NO5. The van der Waals surface area contributed by atoms with Gasteiger partial charge >= 0.3 is 5.97 Å². The molecule has 77 heavy (non-hydrogen) atoms. The zero-order valence-corrected chi connectivity index (χ0v) is 52.2. The molecule has 6 heteroatoms. The molecule has 0 aliphatic heterocycles. The van der Waals surface area contributed by atoms with Crippen molar-refractivity contribution in [2.24, 2.45) is 0 Å². The predicted octanol–water partition coefficient (Wildman–Crippen LogP) is 22.5. The average molecular weight is 1080 g/mol. The third-order valence-corrected chi connectivity index (χ3v) is 16.5. The zero-order chi connectivity index (χ0) is 55.7. The van der Waals surface area contributed by atoms with Crippen LogP contribution in [0.1, 0.15) is 393 Å². The SMILES string of the molecule is CCCCCCCCCCCCCCCCC/C=C/C(O)C(CO)NC(=O)CCCCCCCCCCCCCCCCC/C=C\CCCCCCCCCCCCCCOC(=O)CCCCCCCCCCCCCC. The topological polar surface area (TPSA) is 95.9 Å². The van der Waals surface area contributed by atoms with Gasteiger partial charge in [-0.25, -0.2) is 0 Å². The molecule has 0 aliphatic carbocycles. The van der Waals surface area contributed by atoms with E-state index in [-0.39, 0.29) is 18.5 Å². The van der Waals surface area contributed by atoms with E-state index in [1.165, 1.54) is 327 Å². The van der Waals surface area contributed by atoms with Gasteiger partial charge in [-0.05, 0) is 57.8 Å². The number of aliphatic hydroxyl groups is 2. The number of unbranched alkanes of at least 4 members (excludes halogenated alkanes) is 53. The number of allylic oxidation sites excluding steroid dienone is 3. The Labute approximate surface area is 481 Å². The summed E-state index contributed by atoms with van der Waals surface area (Å²) in [6.45, 7) is 4.94. The monoisotopic (exact) mass is 1080 g/mol. The van der Waals surface area contributed by atoms with Crippen LogP contribution in [0.15, 0.2) is 24.3 Å². The van der Waals surface area contributed by atoms with E-state index in [4.69, 9.17) is 4.74 Å². The molecule has 0 saturated carbocycles. The van der Waals surface area contributed by atoms with Crippen LogP contribution in [0.3, 0.4) is 0 Å². The fourth-order valence-electron chi connectivity index (χ4n) is 11.1. The highest BCUT2D eigenvalue weighted by Crippen LogP contribution is 2.18. The normalized spacial score (nSPS) is 12.6. The molecular weight excluding hydrogens is 947 g/mol. The highest BCUT2D eigenvalue weighted by Gasteiger charge is 2.18. The number of esters is 1. The molecule has 3 N–H and O–H groups in total. The second-order valence-electron chi connectivity index (χ2n) is 24.2. The largest absolute Gasteiger partial charge is 0.466 e. The summed E-state index contributed by atoms with van der Waals surface area (Å²) in [7, 11) is 0. The quantitative estimate of drug-likeness (QED) is 0.0320. The van der Waals surface area contributed by atoms with Gasteiger partial charge in [0.2, 0.25) is 5.91 Å². The number of ether oxygens (including phenoxy) is 1. The van der Waals surface area contributed by atoms with Gasteiger partial charge in [-0.2, -0.15) is 0 Å². The Hall–Kier alpha value is -1.66. The Morgan fingerprint density at radius 3 is 0.922 bits per heavy atom. The molecule has 0 heterocycles. The van der Waals surface area contributed by atoms with E-state index in [9.17, 15) is 19.8 Å². The Bertz CT molecular complexity index is 1200. The lowest BCUT2D eigenvalue weighted by Crippen LogP contribution is -2.45. The molecule has 0 aromatic heterocycles. The van der Waals surface area contributed by atoms with Gasteiger partial charge < -0.3 is 20.3 Å². The summed E-state index contributed by atoms with van der Waals surface area (Å²) in [5.41, 5.74) is 0. The fourth-order valence-corrected chi connectivity index (χ4v) is 11.1. The van der Waals surface area contributed by atoms with Crippen LogP contribution in [0.2, 0.25) is 0 Å².